The monoisotopic (exact) mass is 255 g/mol. The summed E-state index contributed by atoms with van der Waals surface area (Å²) < 4.78 is 5.28. The van der Waals surface area contributed by atoms with Crippen molar-refractivity contribution in [2.75, 3.05) is 45.9 Å². The zero-order chi connectivity index (χ0) is 12.8. The van der Waals surface area contributed by atoms with Crippen molar-refractivity contribution < 1.29 is 9.53 Å². The lowest BCUT2D eigenvalue weighted by atomic mass is 10.0. The van der Waals surface area contributed by atoms with Crippen molar-refractivity contribution in [3.63, 3.8) is 0 Å². The molecule has 0 aromatic rings. The molecule has 5 heteroatoms. The maximum absolute atomic E-state index is 11.8. The van der Waals surface area contributed by atoms with Gasteiger partial charge in [0.05, 0.1) is 13.2 Å². The third-order valence-corrected chi connectivity index (χ3v) is 3.71. The molecule has 2 atom stereocenters. The highest BCUT2D eigenvalue weighted by molar-refractivity contribution is 5.81. The topological polar surface area (TPSA) is 53.6 Å². The van der Waals surface area contributed by atoms with Crippen LogP contribution in [0.1, 0.15) is 19.8 Å². The Labute approximate surface area is 109 Å². The second-order valence-electron chi connectivity index (χ2n) is 5.42. The highest BCUT2D eigenvalue weighted by atomic mass is 16.5. The van der Waals surface area contributed by atoms with Crippen LogP contribution in [-0.2, 0) is 9.53 Å². The predicted octanol–water partition coefficient (Wildman–Crippen LogP) is -0.177. The number of nitrogens with one attached hydrogen (secondary N) is 2. The number of morpholine rings is 1. The van der Waals surface area contributed by atoms with E-state index >= 15 is 0 Å². The fourth-order valence-corrected chi connectivity index (χ4v) is 2.68. The molecule has 0 aromatic heterocycles. The van der Waals surface area contributed by atoms with Crippen molar-refractivity contribution in [3.05, 3.63) is 0 Å². The van der Waals surface area contributed by atoms with Gasteiger partial charge in [0, 0.05) is 26.2 Å². The summed E-state index contributed by atoms with van der Waals surface area (Å²) in [5, 5.41) is 6.16. The molecule has 0 radical (unpaired) electrons. The first kappa shape index (κ1) is 13.8. The Balaban J connectivity index is 1.60. The molecular formula is C13H25N3O2. The van der Waals surface area contributed by atoms with Crippen LogP contribution < -0.4 is 10.6 Å². The van der Waals surface area contributed by atoms with Crippen LogP contribution in [0.4, 0.5) is 0 Å². The summed E-state index contributed by atoms with van der Waals surface area (Å²) in [6, 6.07) is -0.168. The molecule has 5 nitrogen and oxygen atoms in total. The molecule has 2 aliphatic heterocycles. The number of hydrogen-bond acceptors (Lipinski definition) is 4. The normalized spacial score (nSPS) is 30.1. The molecule has 18 heavy (non-hydrogen) atoms. The molecule has 0 saturated carbocycles. The molecule has 2 heterocycles. The van der Waals surface area contributed by atoms with Gasteiger partial charge in [-0.05, 0) is 25.3 Å². The quantitative estimate of drug-likeness (QED) is 0.732. The molecule has 2 aliphatic rings. The van der Waals surface area contributed by atoms with E-state index in [1.807, 2.05) is 0 Å². The van der Waals surface area contributed by atoms with E-state index in [9.17, 15) is 4.79 Å². The van der Waals surface area contributed by atoms with Gasteiger partial charge in [-0.25, -0.2) is 0 Å². The number of piperidine rings is 1. The SMILES string of the molecule is CC1CCCN(CCNC(=O)C2COCCN2)C1. The second kappa shape index (κ2) is 7.07. The van der Waals surface area contributed by atoms with Crippen molar-refractivity contribution in [1.29, 1.82) is 0 Å². The van der Waals surface area contributed by atoms with E-state index in [1.54, 1.807) is 0 Å². The number of carbonyl (C=O) groups excluding carboxylic acids is 1. The Hall–Kier alpha value is -0.650. The lowest BCUT2D eigenvalue weighted by Crippen LogP contribution is -2.52. The molecule has 0 aromatic carbocycles. The van der Waals surface area contributed by atoms with Gasteiger partial charge in [0.1, 0.15) is 6.04 Å². The smallest absolute Gasteiger partial charge is 0.239 e. The van der Waals surface area contributed by atoms with Gasteiger partial charge in [-0.2, -0.15) is 0 Å². The largest absolute Gasteiger partial charge is 0.378 e. The maximum atomic E-state index is 11.8. The van der Waals surface area contributed by atoms with Crippen LogP contribution in [0.3, 0.4) is 0 Å². The van der Waals surface area contributed by atoms with E-state index in [1.165, 1.54) is 25.9 Å². The fourth-order valence-electron chi connectivity index (χ4n) is 2.68. The summed E-state index contributed by atoms with van der Waals surface area (Å²) >= 11 is 0. The first-order valence-corrected chi connectivity index (χ1v) is 7.07. The van der Waals surface area contributed by atoms with Crippen LogP contribution in [0.25, 0.3) is 0 Å². The summed E-state index contributed by atoms with van der Waals surface area (Å²) in [4.78, 5) is 14.3. The van der Waals surface area contributed by atoms with Crippen molar-refractivity contribution in [1.82, 2.24) is 15.5 Å². The van der Waals surface area contributed by atoms with E-state index in [2.05, 4.69) is 22.5 Å². The Morgan fingerprint density at radius 2 is 2.44 bits per heavy atom. The van der Waals surface area contributed by atoms with E-state index in [0.717, 1.165) is 25.6 Å². The molecule has 2 N–H and O–H groups in total. The summed E-state index contributed by atoms with van der Waals surface area (Å²) in [5.74, 6) is 0.864. The highest BCUT2D eigenvalue weighted by Crippen LogP contribution is 2.14. The van der Waals surface area contributed by atoms with Crippen molar-refractivity contribution in [3.8, 4) is 0 Å². The molecule has 0 spiro atoms. The number of hydrogen-bond donors (Lipinski definition) is 2. The van der Waals surface area contributed by atoms with Crippen molar-refractivity contribution >= 4 is 5.91 Å². The van der Waals surface area contributed by atoms with Gasteiger partial charge in [-0.3, -0.25) is 4.79 Å². The fraction of sp³-hybridized carbons (Fsp3) is 0.923. The Kier molecular flexibility index (Phi) is 5.41. The molecular weight excluding hydrogens is 230 g/mol. The standard InChI is InChI=1S/C13H25N3O2/c1-11-3-2-6-16(9-11)7-4-15-13(17)12-10-18-8-5-14-12/h11-12,14H,2-10H2,1H3,(H,15,17). The average molecular weight is 255 g/mol. The molecule has 0 bridgehead atoms. The van der Waals surface area contributed by atoms with Gasteiger partial charge >= 0.3 is 0 Å². The van der Waals surface area contributed by atoms with Crippen LogP contribution in [0.15, 0.2) is 0 Å². The van der Waals surface area contributed by atoms with Crippen LogP contribution in [0.5, 0.6) is 0 Å². The first-order valence-electron chi connectivity index (χ1n) is 7.07. The minimum atomic E-state index is -0.168. The van der Waals surface area contributed by atoms with Crippen LogP contribution in [0.2, 0.25) is 0 Å². The Morgan fingerprint density at radius 1 is 1.56 bits per heavy atom. The number of ether oxygens (including phenoxy) is 1. The second-order valence-corrected chi connectivity index (χ2v) is 5.42. The summed E-state index contributed by atoms with van der Waals surface area (Å²) in [6.07, 6.45) is 2.62. The molecule has 2 unspecified atom stereocenters. The zero-order valence-electron chi connectivity index (χ0n) is 11.3. The average Bonchev–Trinajstić information content (AvgIpc) is 2.40. The third-order valence-electron chi connectivity index (χ3n) is 3.71. The Morgan fingerprint density at radius 3 is 3.17 bits per heavy atom. The van der Waals surface area contributed by atoms with Gasteiger partial charge in [0.15, 0.2) is 0 Å². The Bertz CT molecular complexity index is 267. The lowest BCUT2D eigenvalue weighted by molar-refractivity contribution is -0.125. The summed E-state index contributed by atoms with van der Waals surface area (Å²) in [6.45, 7) is 8.30. The lowest BCUT2D eigenvalue weighted by Gasteiger charge is -2.31. The van der Waals surface area contributed by atoms with E-state index in [-0.39, 0.29) is 11.9 Å². The molecule has 0 aliphatic carbocycles. The van der Waals surface area contributed by atoms with E-state index in [0.29, 0.717) is 13.2 Å². The minimum absolute atomic E-state index is 0.0692. The zero-order valence-corrected chi connectivity index (χ0v) is 11.3. The minimum Gasteiger partial charge on any atom is -0.378 e. The molecule has 2 rings (SSSR count). The van der Waals surface area contributed by atoms with Gasteiger partial charge in [0.2, 0.25) is 5.91 Å². The molecule has 1 amide bonds. The number of carbonyl (C=O) groups is 1. The highest BCUT2D eigenvalue weighted by Gasteiger charge is 2.21. The van der Waals surface area contributed by atoms with Crippen LogP contribution >= 0.6 is 0 Å². The summed E-state index contributed by atoms with van der Waals surface area (Å²) in [7, 11) is 0. The van der Waals surface area contributed by atoms with Crippen molar-refractivity contribution in [2.45, 2.75) is 25.8 Å². The van der Waals surface area contributed by atoms with Crippen LogP contribution in [0, 0.1) is 5.92 Å². The number of rotatable bonds is 4. The molecule has 2 saturated heterocycles. The first-order chi connectivity index (χ1) is 8.75. The van der Waals surface area contributed by atoms with E-state index < -0.39 is 0 Å². The van der Waals surface area contributed by atoms with Gasteiger partial charge in [-0.1, -0.05) is 6.92 Å². The number of amides is 1. The van der Waals surface area contributed by atoms with Crippen molar-refractivity contribution in [2.24, 2.45) is 5.92 Å². The molecule has 2 fully saturated rings. The number of nitrogens with zero attached hydrogens (tertiary/aromatic N) is 1. The molecule has 104 valence electrons. The van der Waals surface area contributed by atoms with Gasteiger partial charge < -0.3 is 20.3 Å². The summed E-state index contributed by atoms with van der Waals surface area (Å²) in [5.41, 5.74) is 0. The van der Waals surface area contributed by atoms with Crippen LogP contribution in [-0.4, -0.2) is 62.8 Å². The third kappa shape index (κ3) is 4.23. The van der Waals surface area contributed by atoms with E-state index in [4.69, 9.17) is 4.74 Å². The predicted molar refractivity (Wildman–Crippen MR) is 70.5 cm³/mol. The van der Waals surface area contributed by atoms with Gasteiger partial charge in [-0.15, -0.1) is 0 Å². The maximum Gasteiger partial charge on any atom is 0.239 e. The number of likely N-dealkylation sites (tertiary alicyclic amines) is 1. The van der Waals surface area contributed by atoms with Gasteiger partial charge in [0.25, 0.3) is 0 Å².